The zero-order valence-electron chi connectivity index (χ0n) is 13.4. The Hall–Kier alpha value is -2.47. The molecule has 2 aromatic carbocycles. The predicted octanol–water partition coefficient (Wildman–Crippen LogP) is 4.04. The fourth-order valence-corrected chi connectivity index (χ4v) is 2.23. The van der Waals surface area contributed by atoms with Gasteiger partial charge in [0.2, 0.25) is 0 Å². The number of nitrogens with one attached hydrogen (secondary N) is 1. The summed E-state index contributed by atoms with van der Waals surface area (Å²) >= 11 is 5.80. The van der Waals surface area contributed by atoms with Gasteiger partial charge in [-0.3, -0.25) is 9.59 Å². The van der Waals surface area contributed by atoms with E-state index in [0.717, 1.165) is 17.7 Å². The number of carbonyl (C=O) groups excluding carboxylic acids is 2. The second-order valence-corrected chi connectivity index (χ2v) is 5.75. The van der Waals surface area contributed by atoms with Gasteiger partial charge in [0.25, 0.3) is 5.91 Å². The number of benzene rings is 2. The number of hydrogen-bond acceptors (Lipinski definition) is 3. The van der Waals surface area contributed by atoms with Crippen LogP contribution in [0.4, 0.5) is 8.78 Å². The second-order valence-electron chi connectivity index (χ2n) is 5.31. The van der Waals surface area contributed by atoms with Crippen LogP contribution in [0, 0.1) is 11.6 Å². The number of ether oxygens (including phenoxy) is 1. The lowest BCUT2D eigenvalue weighted by Gasteiger charge is -2.14. The summed E-state index contributed by atoms with van der Waals surface area (Å²) in [6.45, 7) is 1.69. The van der Waals surface area contributed by atoms with Crippen LogP contribution in [-0.2, 0) is 9.53 Å². The van der Waals surface area contributed by atoms with Crippen LogP contribution in [0.25, 0.3) is 0 Å². The van der Waals surface area contributed by atoms with E-state index in [1.807, 2.05) is 0 Å². The van der Waals surface area contributed by atoms with E-state index < -0.39 is 29.6 Å². The lowest BCUT2D eigenvalue weighted by atomic mass is 10.1. The summed E-state index contributed by atoms with van der Waals surface area (Å²) in [6.07, 6.45) is -0.540. The molecule has 0 aliphatic carbocycles. The van der Waals surface area contributed by atoms with Gasteiger partial charge >= 0.3 is 5.97 Å². The van der Waals surface area contributed by atoms with E-state index in [9.17, 15) is 18.4 Å². The first-order valence-corrected chi connectivity index (χ1v) is 7.93. The third kappa shape index (κ3) is 5.53. The first-order valence-electron chi connectivity index (χ1n) is 7.55. The van der Waals surface area contributed by atoms with Gasteiger partial charge in [-0.15, -0.1) is 0 Å². The summed E-state index contributed by atoms with van der Waals surface area (Å²) in [4.78, 5) is 23.6. The Balaban J connectivity index is 1.80. The van der Waals surface area contributed by atoms with Gasteiger partial charge in [-0.2, -0.15) is 0 Å². The van der Waals surface area contributed by atoms with Gasteiger partial charge in [0.15, 0.2) is 0 Å². The molecular weight excluding hydrogens is 352 g/mol. The molecule has 0 saturated carbocycles. The highest BCUT2D eigenvalue weighted by Crippen LogP contribution is 2.19. The lowest BCUT2D eigenvalue weighted by Crippen LogP contribution is -2.27. The van der Waals surface area contributed by atoms with Crippen LogP contribution in [0.15, 0.2) is 42.5 Å². The average Bonchev–Trinajstić information content (AvgIpc) is 2.55. The molecular formula is C18H16ClF2NO3. The molecule has 2 rings (SSSR count). The van der Waals surface area contributed by atoms with Crippen molar-refractivity contribution in [1.82, 2.24) is 5.32 Å². The average molecular weight is 368 g/mol. The molecule has 1 atom stereocenters. The van der Waals surface area contributed by atoms with Crippen molar-refractivity contribution in [1.29, 1.82) is 0 Å². The number of hydrogen-bond donors (Lipinski definition) is 1. The van der Waals surface area contributed by atoms with E-state index in [1.54, 1.807) is 31.2 Å². The molecule has 2 aromatic rings. The van der Waals surface area contributed by atoms with Crippen LogP contribution in [0.5, 0.6) is 0 Å². The van der Waals surface area contributed by atoms with Crippen molar-refractivity contribution < 1.29 is 23.1 Å². The Morgan fingerprint density at radius 2 is 1.84 bits per heavy atom. The highest BCUT2D eigenvalue weighted by molar-refractivity contribution is 6.30. The molecule has 1 unspecified atom stereocenters. The Morgan fingerprint density at radius 1 is 1.16 bits per heavy atom. The molecule has 0 fully saturated rings. The van der Waals surface area contributed by atoms with Gasteiger partial charge in [-0.05, 0) is 36.8 Å². The molecule has 132 valence electrons. The summed E-state index contributed by atoms with van der Waals surface area (Å²) in [6, 6.07) is 9.54. The monoisotopic (exact) mass is 367 g/mol. The van der Waals surface area contributed by atoms with Crippen LogP contribution in [0.1, 0.15) is 35.4 Å². The third-order valence-corrected chi connectivity index (χ3v) is 3.69. The summed E-state index contributed by atoms with van der Waals surface area (Å²) in [5.74, 6) is -2.97. The second kappa shape index (κ2) is 8.58. The van der Waals surface area contributed by atoms with Crippen molar-refractivity contribution in [2.75, 3.05) is 6.54 Å². The van der Waals surface area contributed by atoms with Gasteiger partial charge in [0.1, 0.15) is 17.7 Å². The smallest absolute Gasteiger partial charge is 0.308 e. The maximum Gasteiger partial charge on any atom is 0.308 e. The molecule has 0 heterocycles. The molecule has 4 nitrogen and oxygen atoms in total. The molecule has 0 aliphatic rings. The minimum atomic E-state index is -0.962. The number of rotatable bonds is 6. The summed E-state index contributed by atoms with van der Waals surface area (Å²) in [7, 11) is 0. The van der Waals surface area contributed by atoms with Crippen molar-refractivity contribution in [3.05, 3.63) is 70.2 Å². The van der Waals surface area contributed by atoms with Gasteiger partial charge < -0.3 is 10.1 Å². The molecule has 25 heavy (non-hydrogen) atoms. The van der Waals surface area contributed by atoms with Crippen LogP contribution in [-0.4, -0.2) is 18.4 Å². The lowest BCUT2D eigenvalue weighted by molar-refractivity contribution is -0.148. The predicted molar refractivity (Wildman–Crippen MR) is 89.3 cm³/mol. The summed E-state index contributed by atoms with van der Waals surface area (Å²) in [5, 5.41) is 2.97. The number of halogens is 3. The van der Waals surface area contributed by atoms with Crippen molar-refractivity contribution in [3.63, 3.8) is 0 Å². The molecule has 0 radical (unpaired) electrons. The number of esters is 1. The SMILES string of the molecule is CC(OC(=O)CCNC(=O)c1ccc(F)cc1F)c1ccc(Cl)cc1. The molecule has 0 aliphatic heterocycles. The molecule has 7 heteroatoms. The minimum absolute atomic E-state index is 0.0260. The van der Waals surface area contributed by atoms with Crippen LogP contribution in [0.3, 0.4) is 0 Å². The van der Waals surface area contributed by atoms with Gasteiger partial charge in [0.05, 0.1) is 12.0 Å². The number of amides is 1. The molecule has 0 saturated heterocycles. The fraction of sp³-hybridized carbons (Fsp3) is 0.222. The van der Waals surface area contributed by atoms with E-state index in [-0.39, 0.29) is 18.5 Å². The van der Waals surface area contributed by atoms with E-state index in [2.05, 4.69) is 5.32 Å². The number of carbonyl (C=O) groups is 2. The minimum Gasteiger partial charge on any atom is -0.458 e. The van der Waals surface area contributed by atoms with Gasteiger partial charge in [0, 0.05) is 17.6 Å². The van der Waals surface area contributed by atoms with Gasteiger partial charge in [-0.1, -0.05) is 23.7 Å². The molecule has 0 spiro atoms. The van der Waals surface area contributed by atoms with E-state index >= 15 is 0 Å². The topological polar surface area (TPSA) is 55.4 Å². The Morgan fingerprint density at radius 3 is 2.48 bits per heavy atom. The molecule has 0 aromatic heterocycles. The van der Waals surface area contributed by atoms with Crippen molar-refractivity contribution in [2.45, 2.75) is 19.4 Å². The summed E-state index contributed by atoms with van der Waals surface area (Å²) < 4.78 is 31.5. The Bertz CT molecular complexity index is 765. The van der Waals surface area contributed by atoms with E-state index in [0.29, 0.717) is 11.1 Å². The van der Waals surface area contributed by atoms with E-state index in [4.69, 9.17) is 16.3 Å². The van der Waals surface area contributed by atoms with Crippen molar-refractivity contribution >= 4 is 23.5 Å². The normalized spacial score (nSPS) is 11.7. The largest absolute Gasteiger partial charge is 0.458 e. The van der Waals surface area contributed by atoms with E-state index in [1.165, 1.54) is 0 Å². The highest BCUT2D eigenvalue weighted by atomic mass is 35.5. The third-order valence-electron chi connectivity index (χ3n) is 3.44. The molecule has 1 amide bonds. The molecule has 0 bridgehead atoms. The first kappa shape index (κ1) is 18.9. The zero-order chi connectivity index (χ0) is 18.4. The maximum absolute atomic E-state index is 13.5. The molecule has 1 N–H and O–H groups in total. The fourth-order valence-electron chi connectivity index (χ4n) is 2.10. The van der Waals surface area contributed by atoms with Crippen LogP contribution in [0.2, 0.25) is 5.02 Å². The standard InChI is InChI=1S/C18H16ClF2NO3/c1-11(12-2-4-13(19)5-3-12)25-17(23)8-9-22-18(24)15-7-6-14(20)10-16(15)21/h2-7,10-11H,8-9H2,1H3,(H,22,24). The maximum atomic E-state index is 13.5. The highest BCUT2D eigenvalue weighted by Gasteiger charge is 2.14. The van der Waals surface area contributed by atoms with Crippen LogP contribution >= 0.6 is 11.6 Å². The van der Waals surface area contributed by atoms with Gasteiger partial charge in [-0.25, -0.2) is 8.78 Å². The Labute approximate surface area is 148 Å². The van der Waals surface area contributed by atoms with Crippen molar-refractivity contribution in [2.24, 2.45) is 0 Å². The first-order chi connectivity index (χ1) is 11.9. The summed E-state index contributed by atoms with van der Waals surface area (Å²) in [5.41, 5.74) is 0.500. The zero-order valence-corrected chi connectivity index (χ0v) is 14.1. The Kier molecular flexibility index (Phi) is 6.47. The van der Waals surface area contributed by atoms with Crippen LogP contribution < -0.4 is 5.32 Å². The quantitative estimate of drug-likeness (QED) is 0.784. The van der Waals surface area contributed by atoms with Crippen molar-refractivity contribution in [3.8, 4) is 0 Å².